The normalized spacial score (nSPS) is 10.3. The Hall–Kier alpha value is -3.34. The minimum atomic E-state index is -0.148. The maximum atomic E-state index is 12.4. The first kappa shape index (κ1) is 19.4. The molecule has 0 spiro atoms. The number of ether oxygens (including phenoxy) is 2. The molecule has 5 nitrogen and oxygen atoms in total. The number of carbonyl (C=O) groups is 1. The molecule has 1 heterocycles. The van der Waals surface area contributed by atoms with Crippen LogP contribution in [0, 0.1) is 0 Å². The molecule has 3 rings (SSSR count). The molecule has 2 aromatic carbocycles. The number of carbonyl (C=O) groups excluding carboxylic acids is 1. The van der Waals surface area contributed by atoms with E-state index in [9.17, 15) is 4.79 Å². The van der Waals surface area contributed by atoms with Crippen molar-refractivity contribution in [3.05, 3.63) is 89.6 Å². The lowest BCUT2D eigenvalue weighted by atomic mass is 10.2. The number of nitrogens with one attached hydrogen (secondary N) is 1. The Labute approximate surface area is 165 Å². The summed E-state index contributed by atoms with van der Waals surface area (Å²) in [5.74, 6) is 1.09. The zero-order chi connectivity index (χ0) is 19.6. The number of rotatable bonds is 9. The highest BCUT2D eigenvalue weighted by Gasteiger charge is 2.07. The van der Waals surface area contributed by atoms with Crippen LogP contribution in [-0.2, 0) is 13.2 Å². The topological polar surface area (TPSA) is 60.5 Å². The fourth-order valence-corrected chi connectivity index (χ4v) is 2.60. The Morgan fingerprint density at radius 3 is 2.64 bits per heavy atom. The van der Waals surface area contributed by atoms with E-state index in [-0.39, 0.29) is 5.91 Å². The minimum Gasteiger partial charge on any atom is -0.494 e. The van der Waals surface area contributed by atoms with E-state index in [1.807, 2.05) is 61.5 Å². The molecule has 1 aromatic heterocycles. The molecule has 0 saturated carbocycles. The minimum absolute atomic E-state index is 0.148. The molecule has 5 heteroatoms. The molecule has 3 aromatic rings. The van der Waals surface area contributed by atoms with Crippen molar-refractivity contribution in [1.29, 1.82) is 0 Å². The van der Waals surface area contributed by atoms with E-state index in [1.54, 1.807) is 18.3 Å². The van der Waals surface area contributed by atoms with Gasteiger partial charge in [0, 0.05) is 24.4 Å². The first-order chi connectivity index (χ1) is 13.7. The Bertz CT molecular complexity index is 897. The van der Waals surface area contributed by atoms with Gasteiger partial charge in [-0.15, -0.1) is 0 Å². The van der Waals surface area contributed by atoms with Gasteiger partial charge in [0.2, 0.25) is 5.88 Å². The van der Waals surface area contributed by atoms with E-state index in [0.29, 0.717) is 37.0 Å². The summed E-state index contributed by atoms with van der Waals surface area (Å²) < 4.78 is 11.3. The molecule has 0 aliphatic rings. The molecule has 28 heavy (non-hydrogen) atoms. The van der Waals surface area contributed by atoms with Crippen LogP contribution in [0.4, 0.5) is 0 Å². The lowest BCUT2D eigenvalue weighted by molar-refractivity contribution is 0.0950. The lowest BCUT2D eigenvalue weighted by Crippen LogP contribution is -2.22. The number of hydrogen-bond donors (Lipinski definition) is 1. The molecule has 0 atom stereocenters. The molecule has 0 aliphatic carbocycles. The summed E-state index contributed by atoms with van der Waals surface area (Å²) in [7, 11) is 0. The average Bonchev–Trinajstić information content (AvgIpc) is 2.76. The number of benzene rings is 2. The molecule has 144 valence electrons. The molecule has 0 radical (unpaired) electrons. The Morgan fingerprint density at radius 1 is 0.964 bits per heavy atom. The summed E-state index contributed by atoms with van der Waals surface area (Å²) in [6, 6.07) is 20.8. The lowest BCUT2D eigenvalue weighted by Gasteiger charge is -2.09. The maximum absolute atomic E-state index is 12.4. The van der Waals surface area contributed by atoms with Gasteiger partial charge in [-0.2, -0.15) is 0 Å². The van der Waals surface area contributed by atoms with Gasteiger partial charge in [0.15, 0.2) is 0 Å². The molecule has 0 saturated heterocycles. The van der Waals surface area contributed by atoms with Crippen LogP contribution in [0.5, 0.6) is 11.6 Å². The second kappa shape index (κ2) is 10.1. The van der Waals surface area contributed by atoms with E-state index in [1.165, 1.54) is 0 Å². The van der Waals surface area contributed by atoms with E-state index >= 15 is 0 Å². The molecule has 0 fully saturated rings. The van der Waals surface area contributed by atoms with Crippen LogP contribution >= 0.6 is 0 Å². The van der Waals surface area contributed by atoms with Gasteiger partial charge < -0.3 is 14.8 Å². The number of nitrogens with zero attached hydrogens (tertiary/aromatic N) is 1. The van der Waals surface area contributed by atoms with E-state index in [0.717, 1.165) is 17.5 Å². The third kappa shape index (κ3) is 5.84. The Balaban J connectivity index is 1.55. The van der Waals surface area contributed by atoms with Gasteiger partial charge in [-0.05, 0) is 41.8 Å². The molecule has 0 unspecified atom stereocenters. The number of pyridine rings is 1. The van der Waals surface area contributed by atoms with E-state index in [2.05, 4.69) is 10.3 Å². The molecule has 1 N–H and O–H groups in total. The highest BCUT2D eigenvalue weighted by Crippen LogP contribution is 2.15. The largest absolute Gasteiger partial charge is 0.494 e. The predicted molar refractivity (Wildman–Crippen MR) is 108 cm³/mol. The van der Waals surface area contributed by atoms with Crippen molar-refractivity contribution in [3.8, 4) is 11.6 Å². The zero-order valence-electron chi connectivity index (χ0n) is 15.9. The van der Waals surface area contributed by atoms with Crippen molar-refractivity contribution in [3.63, 3.8) is 0 Å². The zero-order valence-corrected chi connectivity index (χ0v) is 15.9. The monoisotopic (exact) mass is 376 g/mol. The van der Waals surface area contributed by atoms with Crippen LogP contribution < -0.4 is 14.8 Å². The standard InChI is InChI=1S/C23H24N2O3/c1-2-13-27-21-10-6-9-20(15-21)23(26)25-16-19-11-12-24-22(14-19)28-17-18-7-4-3-5-8-18/h3-12,14-15H,2,13,16-17H2,1H3,(H,25,26). The Kier molecular flexibility index (Phi) is 7.01. The fraction of sp³-hybridized carbons (Fsp3) is 0.217. The SMILES string of the molecule is CCCOc1cccc(C(=O)NCc2ccnc(OCc3ccccc3)c2)c1. The van der Waals surface area contributed by atoms with Gasteiger partial charge in [-0.25, -0.2) is 4.98 Å². The third-order valence-electron chi connectivity index (χ3n) is 4.05. The number of amides is 1. The quantitative estimate of drug-likeness (QED) is 0.602. The van der Waals surface area contributed by atoms with Crippen molar-refractivity contribution in [2.45, 2.75) is 26.5 Å². The van der Waals surface area contributed by atoms with Crippen LogP contribution in [0.3, 0.4) is 0 Å². The van der Waals surface area contributed by atoms with Gasteiger partial charge >= 0.3 is 0 Å². The summed E-state index contributed by atoms with van der Waals surface area (Å²) in [6.45, 7) is 3.52. The first-order valence-corrected chi connectivity index (χ1v) is 9.37. The molecular weight excluding hydrogens is 352 g/mol. The van der Waals surface area contributed by atoms with Gasteiger partial charge in [0.25, 0.3) is 5.91 Å². The second-order valence-corrected chi connectivity index (χ2v) is 6.34. The molecule has 0 aliphatic heterocycles. The maximum Gasteiger partial charge on any atom is 0.251 e. The van der Waals surface area contributed by atoms with Gasteiger partial charge in [-0.3, -0.25) is 4.79 Å². The smallest absolute Gasteiger partial charge is 0.251 e. The van der Waals surface area contributed by atoms with Crippen molar-refractivity contribution < 1.29 is 14.3 Å². The van der Waals surface area contributed by atoms with Gasteiger partial charge in [0.05, 0.1) is 6.61 Å². The first-order valence-electron chi connectivity index (χ1n) is 9.37. The van der Waals surface area contributed by atoms with Crippen LogP contribution in [-0.4, -0.2) is 17.5 Å². The van der Waals surface area contributed by atoms with Crippen LogP contribution in [0.15, 0.2) is 72.9 Å². The summed E-state index contributed by atoms with van der Waals surface area (Å²) >= 11 is 0. The summed E-state index contributed by atoms with van der Waals surface area (Å²) in [5, 5.41) is 2.92. The van der Waals surface area contributed by atoms with Crippen molar-refractivity contribution >= 4 is 5.91 Å². The second-order valence-electron chi connectivity index (χ2n) is 6.34. The summed E-state index contributed by atoms with van der Waals surface area (Å²) in [4.78, 5) is 16.7. The van der Waals surface area contributed by atoms with Crippen LogP contribution in [0.1, 0.15) is 34.8 Å². The fourth-order valence-electron chi connectivity index (χ4n) is 2.60. The molecule has 0 bridgehead atoms. The highest BCUT2D eigenvalue weighted by molar-refractivity contribution is 5.94. The van der Waals surface area contributed by atoms with Crippen molar-refractivity contribution in [1.82, 2.24) is 10.3 Å². The molecular formula is C23H24N2O3. The molecule has 1 amide bonds. The van der Waals surface area contributed by atoms with E-state index < -0.39 is 0 Å². The van der Waals surface area contributed by atoms with Gasteiger partial charge in [0.1, 0.15) is 12.4 Å². The van der Waals surface area contributed by atoms with E-state index in [4.69, 9.17) is 9.47 Å². The summed E-state index contributed by atoms with van der Waals surface area (Å²) in [5.41, 5.74) is 2.57. The van der Waals surface area contributed by atoms with Crippen LogP contribution in [0.2, 0.25) is 0 Å². The van der Waals surface area contributed by atoms with Crippen molar-refractivity contribution in [2.75, 3.05) is 6.61 Å². The number of aromatic nitrogens is 1. The highest BCUT2D eigenvalue weighted by atomic mass is 16.5. The predicted octanol–water partition coefficient (Wildman–Crippen LogP) is 4.38. The average molecular weight is 376 g/mol. The van der Waals surface area contributed by atoms with Crippen LogP contribution in [0.25, 0.3) is 0 Å². The number of hydrogen-bond acceptors (Lipinski definition) is 4. The summed E-state index contributed by atoms with van der Waals surface area (Å²) in [6.07, 6.45) is 2.61. The van der Waals surface area contributed by atoms with Gasteiger partial charge in [-0.1, -0.05) is 43.3 Å². The third-order valence-corrected chi connectivity index (χ3v) is 4.05. The Morgan fingerprint density at radius 2 is 1.82 bits per heavy atom. The van der Waals surface area contributed by atoms with Crippen molar-refractivity contribution in [2.24, 2.45) is 0 Å².